The van der Waals surface area contributed by atoms with Crippen molar-refractivity contribution in [3.05, 3.63) is 0 Å². The van der Waals surface area contributed by atoms with Gasteiger partial charge in [0.15, 0.2) is 0 Å². The van der Waals surface area contributed by atoms with Crippen LogP contribution >= 0.6 is 11.8 Å². The van der Waals surface area contributed by atoms with Crippen molar-refractivity contribution in [2.45, 2.75) is 19.3 Å². The van der Waals surface area contributed by atoms with Crippen LogP contribution < -0.4 is 5.32 Å². The van der Waals surface area contributed by atoms with E-state index in [9.17, 15) is 9.59 Å². The van der Waals surface area contributed by atoms with Crippen molar-refractivity contribution in [1.29, 1.82) is 0 Å². The van der Waals surface area contributed by atoms with E-state index in [-0.39, 0.29) is 11.8 Å². The van der Waals surface area contributed by atoms with Crippen LogP contribution in [-0.2, 0) is 9.59 Å². The van der Waals surface area contributed by atoms with Gasteiger partial charge in [-0.1, -0.05) is 0 Å². The number of thioether (sulfide) groups is 1. The van der Waals surface area contributed by atoms with E-state index in [0.717, 1.165) is 6.92 Å². The Kier molecular flexibility index (Phi) is 3.26. The van der Waals surface area contributed by atoms with Crippen LogP contribution in [0.1, 0.15) is 21.5 Å². The Morgan fingerprint density at radius 3 is 2.71 bits per heavy atom. The number of aliphatic carboxylic acids is 1. The second kappa shape index (κ2) is 7.64. The maximum Gasteiger partial charge on any atom is 0.327 e. The van der Waals surface area contributed by atoms with Crippen LogP contribution in [0.5, 0.6) is 0 Å². The molecule has 5 nitrogen and oxygen atoms in total. The Bertz CT molecular complexity index is 386. The van der Waals surface area contributed by atoms with E-state index in [1.165, 1.54) is 0 Å². The predicted molar refractivity (Wildman–Crippen MR) is 54.3 cm³/mol. The van der Waals surface area contributed by atoms with Gasteiger partial charge in [0.25, 0.3) is 0 Å². The van der Waals surface area contributed by atoms with Gasteiger partial charge in [-0.25, -0.2) is 4.79 Å². The highest BCUT2D eigenvalue weighted by molar-refractivity contribution is 7.99. The van der Waals surface area contributed by atoms with Gasteiger partial charge in [-0.2, -0.15) is 11.8 Å². The van der Waals surface area contributed by atoms with Gasteiger partial charge in [-0.05, 0) is 12.1 Å². The number of hydrogen-bond donors (Lipinski definition) is 3. The molecule has 0 saturated carbocycles. The van der Waals surface area contributed by atoms with E-state index in [2.05, 4.69) is 0 Å². The number of rotatable bonds is 7. The third kappa shape index (κ3) is 6.73. The lowest BCUT2D eigenvalue weighted by atomic mass is 10.3. The summed E-state index contributed by atoms with van der Waals surface area (Å²) >= 11 is 0.154. The molecule has 0 saturated heterocycles. The van der Waals surface area contributed by atoms with Gasteiger partial charge < -0.3 is 15.5 Å². The second-order valence-corrected chi connectivity index (χ2v) is 3.07. The summed E-state index contributed by atoms with van der Waals surface area (Å²) < 4.78 is 43.2. The summed E-state index contributed by atoms with van der Waals surface area (Å²) in [6.45, 7) is -2.38. The molecule has 0 aliphatic rings. The van der Waals surface area contributed by atoms with Crippen molar-refractivity contribution >= 4 is 23.6 Å². The molecule has 1 amide bonds. The van der Waals surface area contributed by atoms with Gasteiger partial charge in [0.1, 0.15) is 6.04 Å². The van der Waals surface area contributed by atoms with Crippen LogP contribution in [0.4, 0.5) is 0 Å². The molecule has 14 heavy (non-hydrogen) atoms. The number of hydrogen-bond acceptors (Lipinski definition) is 4. The molecule has 0 aromatic heterocycles. The minimum Gasteiger partial charge on any atom is -0.480 e. The molecule has 0 radical (unpaired) electrons. The first-order chi connectivity index (χ1) is 8.72. The number of carboxylic acid groups (broad SMARTS) is 1. The zero-order valence-corrected chi connectivity index (χ0v) is 8.22. The number of carbonyl (C=O) groups excluding carboxylic acids is 1. The first kappa shape index (κ1) is 5.97. The summed E-state index contributed by atoms with van der Waals surface area (Å²) in [5, 5.41) is 19.9. The number of carboxylic acids is 1. The number of nitrogens with one attached hydrogen (secondary N) is 1. The highest BCUT2D eigenvalue weighted by Gasteiger charge is 2.17. The van der Waals surface area contributed by atoms with Gasteiger partial charge in [0.2, 0.25) is 5.91 Å². The van der Waals surface area contributed by atoms with Gasteiger partial charge in [-0.15, -0.1) is 0 Å². The summed E-state index contributed by atoms with van der Waals surface area (Å²) in [4.78, 5) is 21.6. The molecule has 0 spiro atoms. The normalized spacial score (nSPS) is 21.6. The van der Waals surface area contributed by atoms with Crippen LogP contribution in [0, 0.1) is 0 Å². The van der Waals surface area contributed by atoms with E-state index < -0.39 is 42.3 Å². The van der Waals surface area contributed by atoms with Gasteiger partial charge in [0, 0.05) is 24.7 Å². The van der Waals surface area contributed by atoms with Crippen LogP contribution in [0.25, 0.3) is 0 Å². The van der Waals surface area contributed by atoms with E-state index in [1.54, 1.807) is 0 Å². The lowest BCUT2D eigenvalue weighted by Gasteiger charge is -2.12. The molecule has 0 aromatic carbocycles. The number of aliphatic hydroxyl groups is 1. The Morgan fingerprint density at radius 2 is 2.29 bits per heavy atom. The number of amides is 1. The fourth-order valence-electron chi connectivity index (χ4n) is 0.604. The fraction of sp³-hybridized carbons (Fsp3) is 0.750. The molecule has 0 aromatic rings. The van der Waals surface area contributed by atoms with Crippen molar-refractivity contribution in [3.8, 4) is 0 Å². The standard InChI is InChI=1S/C8H15NO4S/c1-6(11)9-7(8(12)13)5-14-4-2-3-10/h7,10H,2-5H2,1H3,(H,9,11)(H,12,13)/t7-/m0/s1/i2D2,3D2,4D2. The Hall–Kier alpha value is -0.750. The zero-order valence-electron chi connectivity index (χ0n) is 13.4. The molecular weight excluding hydrogens is 206 g/mol. The van der Waals surface area contributed by atoms with E-state index in [4.69, 9.17) is 18.4 Å². The first-order valence-corrected chi connectivity index (χ1v) is 4.57. The van der Waals surface area contributed by atoms with Gasteiger partial charge in [-0.3, -0.25) is 4.79 Å². The summed E-state index contributed by atoms with van der Waals surface area (Å²) in [6, 6.07) is -1.45. The molecular formula is C8H15NO4S. The zero-order chi connectivity index (χ0) is 16.4. The van der Waals surface area contributed by atoms with Gasteiger partial charge >= 0.3 is 5.97 Å². The van der Waals surface area contributed by atoms with Crippen molar-refractivity contribution in [2.75, 3.05) is 18.0 Å². The SMILES string of the molecule is [2H]C([2H])(O)C([2H])([2H])C([2H])([2H])SC[C@H](NC(C)=O)C(=O)O. The summed E-state index contributed by atoms with van der Waals surface area (Å²) in [5.41, 5.74) is -2.91. The monoisotopic (exact) mass is 227 g/mol. The van der Waals surface area contributed by atoms with Crippen molar-refractivity contribution < 1.29 is 28.0 Å². The lowest BCUT2D eigenvalue weighted by Crippen LogP contribution is -2.41. The summed E-state index contributed by atoms with van der Waals surface area (Å²) in [6.07, 6.45) is -3.27. The van der Waals surface area contributed by atoms with Crippen LogP contribution in [0.15, 0.2) is 0 Å². The molecule has 0 rings (SSSR count). The minimum absolute atomic E-state index is 0.154. The second-order valence-electron chi connectivity index (χ2n) is 2.24. The van der Waals surface area contributed by atoms with Crippen LogP contribution in [0.2, 0.25) is 0 Å². The third-order valence-electron chi connectivity index (χ3n) is 1.10. The van der Waals surface area contributed by atoms with E-state index in [1.807, 2.05) is 5.32 Å². The van der Waals surface area contributed by atoms with E-state index in [0.29, 0.717) is 0 Å². The van der Waals surface area contributed by atoms with Crippen molar-refractivity contribution in [3.63, 3.8) is 0 Å². The van der Waals surface area contributed by atoms with Crippen LogP contribution in [-0.4, -0.2) is 46.1 Å². The average molecular weight is 227 g/mol. The summed E-state index contributed by atoms with van der Waals surface area (Å²) in [7, 11) is 0. The highest BCUT2D eigenvalue weighted by atomic mass is 32.2. The van der Waals surface area contributed by atoms with Crippen molar-refractivity contribution in [1.82, 2.24) is 5.32 Å². The smallest absolute Gasteiger partial charge is 0.327 e. The van der Waals surface area contributed by atoms with Crippen LogP contribution in [0.3, 0.4) is 0 Å². The third-order valence-corrected chi connectivity index (χ3v) is 1.85. The minimum atomic E-state index is -3.45. The fourth-order valence-corrected chi connectivity index (χ4v) is 1.20. The average Bonchev–Trinajstić information content (AvgIpc) is 2.21. The maximum absolute atomic E-state index is 10.8. The Labute approximate surface area is 95.3 Å². The molecule has 0 aliphatic carbocycles. The predicted octanol–water partition coefficient (Wildman–Crippen LogP) is -0.309. The lowest BCUT2D eigenvalue weighted by molar-refractivity contribution is -0.140. The molecule has 0 heterocycles. The topological polar surface area (TPSA) is 86.6 Å². The van der Waals surface area contributed by atoms with Crippen molar-refractivity contribution in [2.24, 2.45) is 0 Å². The largest absolute Gasteiger partial charge is 0.480 e. The van der Waals surface area contributed by atoms with E-state index >= 15 is 0 Å². The molecule has 0 fully saturated rings. The first-order valence-electron chi connectivity index (χ1n) is 6.58. The maximum atomic E-state index is 10.8. The van der Waals surface area contributed by atoms with Gasteiger partial charge in [0.05, 0.1) is 2.74 Å². The molecule has 0 bridgehead atoms. The Balaban J connectivity index is 4.93. The molecule has 0 unspecified atom stereocenters. The number of carbonyl (C=O) groups is 2. The summed E-state index contributed by atoms with van der Waals surface area (Å²) in [5.74, 6) is -2.62. The molecule has 0 aliphatic heterocycles. The Morgan fingerprint density at radius 1 is 1.64 bits per heavy atom. The molecule has 6 heteroatoms. The highest BCUT2D eigenvalue weighted by Crippen LogP contribution is 2.04. The molecule has 1 atom stereocenters. The quantitative estimate of drug-likeness (QED) is 0.555. The molecule has 82 valence electrons. The molecule has 3 N–H and O–H groups in total.